The Bertz CT molecular complexity index is 322. The van der Waals surface area contributed by atoms with Gasteiger partial charge in [-0.15, -0.1) is 0 Å². The average Bonchev–Trinajstić information content (AvgIpc) is 2.50. The number of hydrogen-bond acceptors (Lipinski definition) is 3. The summed E-state index contributed by atoms with van der Waals surface area (Å²) in [6.45, 7) is 7.14. The van der Waals surface area contributed by atoms with E-state index in [0.717, 1.165) is 23.9 Å². The van der Waals surface area contributed by atoms with Crippen LogP contribution in [-0.2, 0) is 6.54 Å². The lowest BCUT2D eigenvalue weighted by Crippen LogP contribution is -2.30. The largest absolute Gasteiger partial charge is 0.361 e. The molecule has 1 aliphatic rings. The van der Waals surface area contributed by atoms with Gasteiger partial charge in [-0.3, -0.25) is 0 Å². The highest BCUT2D eigenvalue weighted by Gasteiger charge is 2.20. The van der Waals surface area contributed by atoms with Gasteiger partial charge in [0.15, 0.2) is 0 Å². The summed E-state index contributed by atoms with van der Waals surface area (Å²) in [6, 6.07) is 0.596. The molecule has 0 radical (unpaired) electrons. The van der Waals surface area contributed by atoms with E-state index in [4.69, 9.17) is 4.52 Å². The van der Waals surface area contributed by atoms with Gasteiger partial charge in [0.25, 0.3) is 0 Å². The maximum atomic E-state index is 5.15. The third kappa shape index (κ3) is 2.64. The van der Waals surface area contributed by atoms with E-state index in [0.29, 0.717) is 6.04 Å². The molecule has 1 aliphatic carbocycles. The molecule has 3 nitrogen and oxygen atoms in total. The molecule has 1 saturated carbocycles. The van der Waals surface area contributed by atoms with Gasteiger partial charge in [0.2, 0.25) is 0 Å². The summed E-state index contributed by atoms with van der Waals surface area (Å²) in [5.74, 6) is 1.91. The summed E-state index contributed by atoms with van der Waals surface area (Å²) in [5, 5.41) is 7.53. The van der Waals surface area contributed by atoms with Gasteiger partial charge in [0, 0.05) is 18.2 Å². The van der Waals surface area contributed by atoms with Crippen molar-refractivity contribution in [2.24, 2.45) is 5.92 Å². The first-order valence-corrected chi connectivity index (χ1v) is 6.32. The molecule has 90 valence electrons. The van der Waals surface area contributed by atoms with E-state index in [1.807, 2.05) is 13.8 Å². The molecule has 1 fully saturated rings. The minimum Gasteiger partial charge on any atom is -0.361 e. The van der Waals surface area contributed by atoms with Gasteiger partial charge in [-0.25, -0.2) is 0 Å². The second kappa shape index (κ2) is 5.00. The lowest BCUT2D eigenvalue weighted by molar-refractivity contribution is 0.265. The molecule has 1 N–H and O–H groups in total. The van der Waals surface area contributed by atoms with Crippen LogP contribution in [0.2, 0.25) is 0 Å². The molecule has 1 aromatic rings. The van der Waals surface area contributed by atoms with E-state index in [2.05, 4.69) is 17.4 Å². The number of nitrogens with one attached hydrogen (secondary N) is 1. The Morgan fingerprint density at radius 1 is 1.44 bits per heavy atom. The minimum absolute atomic E-state index is 0.596. The van der Waals surface area contributed by atoms with E-state index >= 15 is 0 Å². The highest BCUT2D eigenvalue weighted by molar-refractivity contribution is 5.20. The second-order valence-corrected chi connectivity index (χ2v) is 5.12. The first-order valence-electron chi connectivity index (χ1n) is 6.32. The van der Waals surface area contributed by atoms with Crippen molar-refractivity contribution in [1.29, 1.82) is 0 Å². The zero-order chi connectivity index (χ0) is 11.5. The molecule has 0 spiro atoms. The third-order valence-corrected chi connectivity index (χ3v) is 3.72. The van der Waals surface area contributed by atoms with Crippen molar-refractivity contribution in [3.05, 3.63) is 17.0 Å². The smallest absolute Gasteiger partial charge is 0.138 e. The van der Waals surface area contributed by atoms with E-state index in [-0.39, 0.29) is 0 Å². The number of rotatable bonds is 5. The van der Waals surface area contributed by atoms with E-state index < -0.39 is 0 Å². The number of hydrogen-bond donors (Lipinski definition) is 1. The molecule has 0 aromatic carbocycles. The molecule has 0 aliphatic heterocycles. The van der Waals surface area contributed by atoms with E-state index in [1.54, 1.807) is 0 Å². The summed E-state index contributed by atoms with van der Waals surface area (Å²) in [6.07, 6.45) is 5.60. The first kappa shape index (κ1) is 11.6. The van der Waals surface area contributed by atoms with Crippen molar-refractivity contribution in [2.45, 2.75) is 59.0 Å². The molecule has 0 amide bonds. The number of aryl methyl sites for hydroxylation is 2. The molecular formula is C13H22N2O. The van der Waals surface area contributed by atoms with Gasteiger partial charge in [0.1, 0.15) is 5.76 Å². The summed E-state index contributed by atoms with van der Waals surface area (Å²) < 4.78 is 5.15. The van der Waals surface area contributed by atoms with Crippen LogP contribution >= 0.6 is 0 Å². The SMILES string of the molecule is Cc1noc(C)c1CNC(C)CC1CCC1. The van der Waals surface area contributed by atoms with Crippen molar-refractivity contribution < 1.29 is 4.52 Å². The lowest BCUT2D eigenvalue weighted by atomic mass is 9.81. The predicted molar refractivity (Wildman–Crippen MR) is 64.2 cm³/mol. The molecule has 2 rings (SSSR count). The van der Waals surface area contributed by atoms with Crippen molar-refractivity contribution in [3.8, 4) is 0 Å². The highest BCUT2D eigenvalue weighted by Crippen LogP contribution is 2.30. The summed E-state index contributed by atoms with van der Waals surface area (Å²) in [4.78, 5) is 0. The molecule has 1 aromatic heterocycles. The maximum Gasteiger partial charge on any atom is 0.138 e. The number of nitrogens with zero attached hydrogens (tertiary/aromatic N) is 1. The predicted octanol–water partition coefficient (Wildman–Crippen LogP) is 2.96. The molecule has 16 heavy (non-hydrogen) atoms. The van der Waals surface area contributed by atoms with Crippen LogP contribution in [0.15, 0.2) is 4.52 Å². The number of aromatic nitrogens is 1. The minimum atomic E-state index is 0.596. The van der Waals surface area contributed by atoms with Crippen molar-refractivity contribution in [3.63, 3.8) is 0 Å². The van der Waals surface area contributed by atoms with Crippen LogP contribution in [0.5, 0.6) is 0 Å². The summed E-state index contributed by atoms with van der Waals surface area (Å²) in [5.41, 5.74) is 2.24. The van der Waals surface area contributed by atoms with Crippen LogP contribution in [0.4, 0.5) is 0 Å². The van der Waals surface area contributed by atoms with Gasteiger partial charge in [0.05, 0.1) is 5.69 Å². The van der Waals surface area contributed by atoms with E-state index in [1.165, 1.54) is 31.2 Å². The molecule has 1 unspecified atom stereocenters. The Balaban J connectivity index is 1.77. The zero-order valence-electron chi connectivity index (χ0n) is 10.5. The van der Waals surface area contributed by atoms with Gasteiger partial charge in [-0.05, 0) is 33.1 Å². The molecule has 0 saturated heterocycles. The maximum absolute atomic E-state index is 5.15. The highest BCUT2D eigenvalue weighted by atomic mass is 16.5. The molecule has 1 heterocycles. The van der Waals surface area contributed by atoms with Crippen LogP contribution in [-0.4, -0.2) is 11.2 Å². The van der Waals surface area contributed by atoms with Crippen molar-refractivity contribution in [1.82, 2.24) is 10.5 Å². The average molecular weight is 222 g/mol. The quantitative estimate of drug-likeness (QED) is 0.832. The Morgan fingerprint density at radius 3 is 2.69 bits per heavy atom. The summed E-state index contributed by atoms with van der Waals surface area (Å²) >= 11 is 0. The Morgan fingerprint density at radius 2 is 2.19 bits per heavy atom. The molecular weight excluding hydrogens is 200 g/mol. The lowest BCUT2D eigenvalue weighted by Gasteiger charge is -2.28. The van der Waals surface area contributed by atoms with Crippen LogP contribution in [0.25, 0.3) is 0 Å². The monoisotopic (exact) mass is 222 g/mol. The van der Waals surface area contributed by atoms with Gasteiger partial charge >= 0.3 is 0 Å². The zero-order valence-corrected chi connectivity index (χ0v) is 10.5. The molecule has 0 bridgehead atoms. The Labute approximate surface area is 97.6 Å². The van der Waals surface area contributed by atoms with Crippen molar-refractivity contribution >= 4 is 0 Å². The van der Waals surface area contributed by atoms with Gasteiger partial charge in [-0.2, -0.15) is 0 Å². The fraction of sp³-hybridized carbons (Fsp3) is 0.769. The Kier molecular flexibility index (Phi) is 3.64. The third-order valence-electron chi connectivity index (χ3n) is 3.72. The van der Waals surface area contributed by atoms with Crippen LogP contribution < -0.4 is 5.32 Å². The van der Waals surface area contributed by atoms with Crippen LogP contribution in [0, 0.1) is 19.8 Å². The second-order valence-electron chi connectivity index (χ2n) is 5.12. The topological polar surface area (TPSA) is 38.1 Å². The van der Waals surface area contributed by atoms with E-state index in [9.17, 15) is 0 Å². The first-order chi connectivity index (χ1) is 7.66. The molecule has 3 heteroatoms. The van der Waals surface area contributed by atoms with Crippen LogP contribution in [0.1, 0.15) is 49.6 Å². The standard InChI is InChI=1S/C13H22N2O/c1-9(7-12-5-4-6-12)14-8-13-10(2)15-16-11(13)3/h9,12,14H,4-8H2,1-3H3. The van der Waals surface area contributed by atoms with Gasteiger partial charge < -0.3 is 9.84 Å². The summed E-state index contributed by atoms with van der Waals surface area (Å²) in [7, 11) is 0. The van der Waals surface area contributed by atoms with Gasteiger partial charge in [-0.1, -0.05) is 24.4 Å². The Hall–Kier alpha value is -0.830. The molecule has 1 atom stereocenters. The van der Waals surface area contributed by atoms with Crippen molar-refractivity contribution in [2.75, 3.05) is 0 Å². The fourth-order valence-electron chi connectivity index (χ4n) is 2.34. The fourth-order valence-corrected chi connectivity index (χ4v) is 2.34. The van der Waals surface area contributed by atoms with Crippen LogP contribution in [0.3, 0.4) is 0 Å². The normalized spacial score (nSPS) is 18.4.